The summed E-state index contributed by atoms with van der Waals surface area (Å²) in [6, 6.07) is 13.0. The molecule has 148 valence electrons. The molecule has 1 fully saturated rings. The van der Waals surface area contributed by atoms with Crippen LogP contribution in [0.5, 0.6) is 0 Å². The van der Waals surface area contributed by atoms with Gasteiger partial charge < -0.3 is 9.42 Å². The van der Waals surface area contributed by atoms with Gasteiger partial charge >= 0.3 is 0 Å². The van der Waals surface area contributed by atoms with Gasteiger partial charge in [0.25, 0.3) is 0 Å². The van der Waals surface area contributed by atoms with Crippen LogP contribution in [0.1, 0.15) is 34.7 Å². The van der Waals surface area contributed by atoms with E-state index in [1.54, 1.807) is 11.8 Å². The molecule has 0 aliphatic carbocycles. The number of hydrogen-bond donors (Lipinski definition) is 0. The molecule has 7 heteroatoms. The predicted octanol–water partition coefficient (Wildman–Crippen LogP) is 4.08. The Balaban J connectivity index is 1.57. The van der Waals surface area contributed by atoms with Crippen LogP contribution in [0.15, 0.2) is 59.1 Å². The van der Waals surface area contributed by atoms with E-state index in [2.05, 4.69) is 10.1 Å². The molecule has 1 aromatic heterocycles. The van der Waals surface area contributed by atoms with Crippen molar-refractivity contribution >= 4 is 12.0 Å². The highest BCUT2D eigenvalue weighted by atomic mass is 19.1. The molecular formula is C22H19F2N3O2. The molecule has 0 unspecified atom stereocenters. The molecule has 1 saturated heterocycles. The Morgan fingerprint density at radius 1 is 1.14 bits per heavy atom. The minimum absolute atomic E-state index is 0.000643. The summed E-state index contributed by atoms with van der Waals surface area (Å²) in [5, 5.41) is 3.87. The number of rotatable bonds is 4. The van der Waals surface area contributed by atoms with E-state index in [0.717, 1.165) is 23.8 Å². The first-order valence-corrected chi connectivity index (χ1v) is 9.28. The van der Waals surface area contributed by atoms with Crippen LogP contribution < -0.4 is 0 Å². The van der Waals surface area contributed by atoms with Crippen molar-refractivity contribution in [3.63, 3.8) is 0 Å². The maximum Gasteiger partial charge on any atom is 0.246 e. The number of halogens is 2. The molecule has 0 spiro atoms. The van der Waals surface area contributed by atoms with E-state index in [1.807, 2.05) is 30.3 Å². The highest BCUT2D eigenvalue weighted by Gasteiger charge is 2.39. The quantitative estimate of drug-likeness (QED) is 0.625. The molecule has 0 radical (unpaired) electrons. The zero-order valence-electron chi connectivity index (χ0n) is 15.8. The van der Waals surface area contributed by atoms with E-state index < -0.39 is 11.6 Å². The van der Waals surface area contributed by atoms with Crippen LogP contribution in [0.3, 0.4) is 0 Å². The van der Waals surface area contributed by atoms with Gasteiger partial charge in [0.15, 0.2) is 5.82 Å². The Labute approximate surface area is 166 Å². The van der Waals surface area contributed by atoms with E-state index in [9.17, 15) is 13.6 Å². The fraction of sp³-hybridized carbons (Fsp3) is 0.227. The van der Waals surface area contributed by atoms with Crippen molar-refractivity contribution in [2.24, 2.45) is 0 Å². The summed E-state index contributed by atoms with van der Waals surface area (Å²) in [6.45, 7) is 2.61. The lowest BCUT2D eigenvalue weighted by Gasteiger charge is -2.15. The van der Waals surface area contributed by atoms with Crippen molar-refractivity contribution in [2.45, 2.75) is 18.8 Å². The topological polar surface area (TPSA) is 59.2 Å². The molecule has 4 rings (SSSR count). The van der Waals surface area contributed by atoms with Gasteiger partial charge in [-0.2, -0.15) is 4.98 Å². The first-order chi connectivity index (χ1) is 14.0. The summed E-state index contributed by atoms with van der Waals surface area (Å²) in [5.41, 5.74) is 1.10. The van der Waals surface area contributed by atoms with Gasteiger partial charge in [0.05, 0.1) is 5.92 Å². The molecular weight excluding hydrogens is 376 g/mol. The maximum absolute atomic E-state index is 13.8. The first-order valence-electron chi connectivity index (χ1n) is 9.28. The van der Waals surface area contributed by atoms with Crippen molar-refractivity contribution < 1.29 is 18.1 Å². The predicted molar refractivity (Wildman–Crippen MR) is 103 cm³/mol. The van der Waals surface area contributed by atoms with Gasteiger partial charge in [-0.3, -0.25) is 4.79 Å². The van der Waals surface area contributed by atoms with E-state index in [-0.39, 0.29) is 23.3 Å². The number of benzene rings is 2. The molecule has 5 nitrogen and oxygen atoms in total. The SMILES string of the molecule is Cc1noc([C@H]2CN(C(=O)/C=C\c3cc(F)ccc3F)C[C@@H]2c2ccccc2)n1. The second-order valence-corrected chi connectivity index (χ2v) is 7.05. The minimum atomic E-state index is -0.585. The smallest absolute Gasteiger partial charge is 0.246 e. The van der Waals surface area contributed by atoms with E-state index in [4.69, 9.17) is 4.52 Å². The third-order valence-corrected chi connectivity index (χ3v) is 5.08. The van der Waals surface area contributed by atoms with Crippen molar-refractivity contribution in [1.82, 2.24) is 15.0 Å². The Morgan fingerprint density at radius 2 is 1.90 bits per heavy atom. The van der Waals surface area contributed by atoms with Crippen molar-refractivity contribution in [3.05, 3.63) is 89.1 Å². The number of aryl methyl sites for hydroxylation is 1. The number of carbonyl (C=O) groups excluding carboxylic acids is 1. The molecule has 1 aliphatic rings. The van der Waals surface area contributed by atoms with Gasteiger partial charge in [0.1, 0.15) is 11.6 Å². The van der Waals surface area contributed by atoms with Crippen LogP contribution in [-0.4, -0.2) is 34.0 Å². The average Bonchev–Trinajstić information content (AvgIpc) is 3.35. The van der Waals surface area contributed by atoms with Crippen molar-refractivity contribution in [2.75, 3.05) is 13.1 Å². The third-order valence-electron chi connectivity index (χ3n) is 5.08. The molecule has 2 aromatic carbocycles. The molecule has 2 atom stereocenters. The fourth-order valence-corrected chi connectivity index (χ4v) is 3.64. The molecule has 0 N–H and O–H groups in total. The van der Waals surface area contributed by atoms with E-state index >= 15 is 0 Å². The summed E-state index contributed by atoms with van der Waals surface area (Å²) in [6.07, 6.45) is 2.56. The molecule has 0 saturated carbocycles. The fourth-order valence-electron chi connectivity index (χ4n) is 3.64. The number of carbonyl (C=O) groups is 1. The summed E-state index contributed by atoms with van der Waals surface area (Å²) in [5.74, 6) is -0.534. The molecule has 3 aromatic rings. The Hall–Kier alpha value is -3.35. The Bertz CT molecular complexity index is 1050. The average molecular weight is 395 g/mol. The monoisotopic (exact) mass is 395 g/mol. The lowest BCUT2D eigenvalue weighted by Crippen LogP contribution is -2.27. The summed E-state index contributed by atoms with van der Waals surface area (Å²) in [7, 11) is 0. The molecule has 2 heterocycles. The Kier molecular flexibility index (Phi) is 5.20. The second kappa shape index (κ2) is 7.95. The lowest BCUT2D eigenvalue weighted by molar-refractivity contribution is -0.125. The standard InChI is InChI=1S/C22H19F2N3O2/c1-14-25-22(29-26-14)19-13-27(12-18(19)15-5-3-2-4-6-15)21(28)10-7-16-11-17(23)8-9-20(16)24/h2-11,18-19H,12-13H2,1H3/b10-7-/t18-,19+/m1/s1. The molecule has 1 aliphatic heterocycles. The molecule has 0 bridgehead atoms. The zero-order valence-corrected chi connectivity index (χ0v) is 15.8. The van der Waals surface area contributed by atoms with Gasteiger partial charge in [-0.25, -0.2) is 8.78 Å². The van der Waals surface area contributed by atoms with Crippen LogP contribution in [0.25, 0.3) is 6.08 Å². The second-order valence-electron chi connectivity index (χ2n) is 7.05. The number of hydrogen-bond acceptors (Lipinski definition) is 4. The van der Waals surface area contributed by atoms with Gasteiger partial charge in [-0.05, 0) is 36.8 Å². The normalized spacial score (nSPS) is 19.2. The number of likely N-dealkylation sites (tertiary alicyclic amines) is 1. The zero-order chi connectivity index (χ0) is 20.4. The van der Waals surface area contributed by atoms with Crippen LogP contribution in [0.4, 0.5) is 8.78 Å². The largest absolute Gasteiger partial charge is 0.339 e. The number of nitrogens with zero attached hydrogens (tertiary/aromatic N) is 3. The van der Waals surface area contributed by atoms with Gasteiger partial charge in [0, 0.05) is 30.6 Å². The van der Waals surface area contributed by atoms with Gasteiger partial charge in [-0.1, -0.05) is 35.5 Å². The maximum atomic E-state index is 13.8. The summed E-state index contributed by atoms with van der Waals surface area (Å²) < 4.78 is 32.5. The van der Waals surface area contributed by atoms with Crippen LogP contribution in [-0.2, 0) is 4.79 Å². The van der Waals surface area contributed by atoms with E-state index in [1.165, 1.54) is 12.2 Å². The van der Waals surface area contributed by atoms with Crippen molar-refractivity contribution in [1.29, 1.82) is 0 Å². The molecule has 29 heavy (non-hydrogen) atoms. The van der Waals surface area contributed by atoms with E-state index in [0.29, 0.717) is 24.8 Å². The summed E-state index contributed by atoms with van der Waals surface area (Å²) in [4.78, 5) is 18.7. The third kappa shape index (κ3) is 4.08. The minimum Gasteiger partial charge on any atom is -0.339 e. The number of amides is 1. The first kappa shape index (κ1) is 19.0. The van der Waals surface area contributed by atoms with Crippen LogP contribution in [0, 0.1) is 18.6 Å². The highest BCUT2D eigenvalue weighted by Crippen LogP contribution is 2.39. The summed E-state index contributed by atoms with van der Waals surface area (Å²) >= 11 is 0. The molecule has 1 amide bonds. The lowest BCUT2D eigenvalue weighted by atomic mass is 9.89. The van der Waals surface area contributed by atoms with Crippen molar-refractivity contribution in [3.8, 4) is 0 Å². The van der Waals surface area contributed by atoms with Gasteiger partial charge in [0.2, 0.25) is 11.8 Å². The number of aromatic nitrogens is 2. The highest BCUT2D eigenvalue weighted by molar-refractivity contribution is 5.92. The van der Waals surface area contributed by atoms with Crippen LogP contribution in [0.2, 0.25) is 0 Å². The Morgan fingerprint density at radius 3 is 2.62 bits per heavy atom. The van der Waals surface area contributed by atoms with Gasteiger partial charge in [-0.15, -0.1) is 0 Å². The van der Waals surface area contributed by atoms with Crippen LogP contribution >= 0.6 is 0 Å².